The minimum Gasteiger partial charge on any atom is -0.354 e. The molecule has 2 saturated heterocycles. The van der Waals surface area contributed by atoms with E-state index in [1.807, 2.05) is 0 Å². The summed E-state index contributed by atoms with van der Waals surface area (Å²) in [6, 6.07) is 11.3. The molecule has 1 aromatic rings. The molecule has 1 aromatic carbocycles. The highest BCUT2D eigenvalue weighted by molar-refractivity contribution is 5.73. The molecule has 1 unspecified atom stereocenters. The first-order valence-corrected chi connectivity index (χ1v) is 9.04. The van der Waals surface area contributed by atoms with Crippen molar-refractivity contribution in [2.45, 2.75) is 51.2 Å². The van der Waals surface area contributed by atoms with E-state index in [4.69, 9.17) is 0 Å². The third-order valence-corrected chi connectivity index (χ3v) is 5.12. The number of benzene rings is 1. The van der Waals surface area contributed by atoms with E-state index in [2.05, 4.69) is 45.4 Å². The number of nitrogens with zero attached hydrogens (tertiary/aromatic N) is 2. The molecule has 0 aromatic heterocycles. The number of piperidine rings is 2. The summed E-state index contributed by atoms with van der Waals surface area (Å²) in [5, 5.41) is 3.08. The van der Waals surface area contributed by atoms with Gasteiger partial charge in [-0.15, -0.1) is 0 Å². The minimum absolute atomic E-state index is 0.0964. The van der Waals surface area contributed by atoms with Crippen molar-refractivity contribution in [3.63, 3.8) is 0 Å². The number of carbonyl (C=O) groups is 1. The molecule has 0 aliphatic carbocycles. The van der Waals surface area contributed by atoms with Crippen molar-refractivity contribution < 1.29 is 4.79 Å². The first-order valence-electron chi connectivity index (χ1n) is 9.04. The SMILES string of the molecule is CC(=O)NC1CCN(C(c2ccccc2)N2CCCCC2)CC1. The molecule has 2 aliphatic heterocycles. The summed E-state index contributed by atoms with van der Waals surface area (Å²) in [5.41, 5.74) is 1.41. The zero-order valence-electron chi connectivity index (χ0n) is 14.2. The van der Waals surface area contributed by atoms with Crippen LogP contribution in [0, 0.1) is 0 Å². The Hall–Kier alpha value is -1.39. The van der Waals surface area contributed by atoms with E-state index in [0.29, 0.717) is 12.2 Å². The number of nitrogens with one attached hydrogen (secondary N) is 1. The maximum absolute atomic E-state index is 11.3. The van der Waals surface area contributed by atoms with Crippen molar-refractivity contribution in [2.75, 3.05) is 26.2 Å². The summed E-state index contributed by atoms with van der Waals surface area (Å²) in [4.78, 5) is 16.5. The molecule has 0 bridgehead atoms. The van der Waals surface area contributed by atoms with Crippen LogP contribution in [0.4, 0.5) is 0 Å². The highest BCUT2D eigenvalue weighted by Crippen LogP contribution is 2.30. The lowest BCUT2D eigenvalue weighted by Gasteiger charge is -2.44. The van der Waals surface area contributed by atoms with Gasteiger partial charge >= 0.3 is 0 Å². The van der Waals surface area contributed by atoms with Gasteiger partial charge in [-0.05, 0) is 44.3 Å². The number of hydrogen-bond acceptors (Lipinski definition) is 3. The molecule has 0 saturated carbocycles. The molecule has 0 spiro atoms. The van der Waals surface area contributed by atoms with Gasteiger partial charge in [-0.25, -0.2) is 0 Å². The van der Waals surface area contributed by atoms with Crippen LogP contribution in [-0.4, -0.2) is 47.9 Å². The third kappa shape index (κ3) is 4.33. The van der Waals surface area contributed by atoms with Gasteiger partial charge in [0.1, 0.15) is 0 Å². The smallest absolute Gasteiger partial charge is 0.217 e. The van der Waals surface area contributed by atoms with E-state index >= 15 is 0 Å². The maximum atomic E-state index is 11.3. The van der Waals surface area contributed by atoms with Crippen LogP contribution in [0.25, 0.3) is 0 Å². The maximum Gasteiger partial charge on any atom is 0.217 e. The van der Waals surface area contributed by atoms with Crippen molar-refractivity contribution >= 4 is 5.91 Å². The molecule has 23 heavy (non-hydrogen) atoms. The number of hydrogen-bond donors (Lipinski definition) is 1. The van der Waals surface area contributed by atoms with E-state index in [0.717, 1.165) is 25.9 Å². The van der Waals surface area contributed by atoms with Crippen LogP contribution in [0.1, 0.15) is 50.8 Å². The predicted octanol–water partition coefficient (Wildman–Crippen LogP) is 2.77. The van der Waals surface area contributed by atoms with Gasteiger partial charge in [0.05, 0.1) is 6.17 Å². The van der Waals surface area contributed by atoms with Crippen LogP contribution in [-0.2, 0) is 4.79 Å². The van der Waals surface area contributed by atoms with E-state index in [1.54, 1.807) is 6.92 Å². The topological polar surface area (TPSA) is 35.6 Å². The lowest BCUT2D eigenvalue weighted by molar-refractivity contribution is -0.120. The molecule has 2 heterocycles. The molecule has 126 valence electrons. The Labute approximate surface area is 139 Å². The van der Waals surface area contributed by atoms with Gasteiger partial charge in [-0.2, -0.15) is 0 Å². The number of amides is 1. The van der Waals surface area contributed by atoms with Crippen molar-refractivity contribution in [2.24, 2.45) is 0 Å². The standard InChI is InChI=1S/C19H29N3O/c1-16(23)20-18-10-14-22(15-11-18)19(17-8-4-2-5-9-17)21-12-6-3-7-13-21/h2,4-5,8-9,18-19H,3,6-7,10-15H2,1H3,(H,20,23). The summed E-state index contributed by atoms with van der Waals surface area (Å²) < 4.78 is 0. The largest absolute Gasteiger partial charge is 0.354 e. The Kier molecular flexibility index (Phi) is 5.68. The van der Waals surface area contributed by atoms with Crippen LogP contribution < -0.4 is 5.32 Å². The normalized spacial score (nSPS) is 22.7. The molecule has 4 nitrogen and oxygen atoms in total. The Morgan fingerprint density at radius 2 is 1.61 bits per heavy atom. The van der Waals surface area contributed by atoms with E-state index in [1.165, 1.54) is 37.9 Å². The Balaban J connectivity index is 1.70. The fraction of sp³-hybridized carbons (Fsp3) is 0.632. The van der Waals surface area contributed by atoms with E-state index in [-0.39, 0.29) is 5.91 Å². The summed E-state index contributed by atoms with van der Waals surface area (Å²) in [5.74, 6) is 0.0964. The van der Waals surface area contributed by atoms with E-state index in [9.17, 15) is 4.79 Å². The average molecular weight is 315 g/mol. The molecule has 1 amide bonds. The van der Waals surface area contributed by atoms with Gasteiger partial charge in [0, 0.05) is 26.1 Å². The number of likely N-dealkylation sites (tertiary alicyclic amines) is 2. The zero-order chi connectivity index (χ0) is 16.1. The van der Waals surface area contributed by atoms with Gasteiger partial charge in [0.15, 0.2) is 0 Å². The highest BCUT2D eigenvalue weighted by Gasteiger charge is 2.31. The van der Waals surface area contributed by atoms with Gasteiger partial charge in [0.25, 0.3) is 0 Å². The second kappa shape index (κ2) is 7.93. The van der Waals surface area contributed by atoms with Crippen LogP contribution in [0.5, 0.6) is 0 Å². The fourth-order valence-corrected chi connectivity index (χ4v) is 4.02. The first-order chi connectivity index (χ1) is 11.2. The molecular formula is C19H29N3O. The number of carbonyl (C=O) groups excluding carboxylic acids is 1. The highest BCUT2D eigenvalue weighted by atomic mass is 16.1. The lowest BCUT2D eigenvalue weighted by Crippen LogP contribution is -2.50. The molecular weight excluding hydrogens is 286 g/mol. The van der Waals surface area contributed by atoms with Crippen molar-refractivity contribution in [1.82, 2.24) is 15.1 Å². The van der Waals surface area contributed by atoms with Crippen LogP contribution in [0.3, 0.4) is 0 Å². The summed E-state index contributed by atoms with van der Waals surface area (Å²) in [6.45, 7) is 6.13. The Bertz CT molecular complexity index is 491. The second-order valence-corrected chi connectivity index (χ2v) is 6.89. The second-order valence-electron chi connectivity index (χ2n) is 6.89. The van der Waals surface area contributed by atoms with Crippen LogP contribution >= 0.6 is 0 Å². The quantitative estimate of drug-likeness (QED) is 0.928. The summed E-state index contributed by atoms with van der Waals surface area (Å²) in [7, 11) is 0. The summed E-state index contributed by atoms with van der Waals surface area (Å²) >= 11 is 0. The Morgan fingerprint density at radius 1 is 1.00 bits per heavy atom. The van der Waals surface area contributed by atoms with Crippen LogP contribution in [0.15, 0.2) is 30.3 Å². The van der Waals surface area contributed by atoms with Gasteiger partial charge in [-0.1, -0.05) is 36.8 Å². The molecule has 1 N–H and O–H groups in total. The van der Waals surface area contributed by atoms with Gasteiger partial charge in [0.2, 0.25) is 5.91 Å². The molecule has 0 radical (unpaired) electrons. The van der Waals surface area contributed by atoms with Gasteiger partial charge in [-0.3, -0.25) is 14.6 Å². The fourth-order valence-electron chi connectivity index (χ4n) is 4.02. The molecule has 1 atom stereocenters. The lowest BCUT2D eigenvalue weighted by atomic mass is 10.0. The first kappa shape index (κ1) is 16.5. The van der Waals surface area contributed by atoms with Crippen molar-refractivity contribution in [1.29, 1.82) is 0 Å². The predicted molar refractivity (Wildman–Crippen MR) is 93.0 cm³/mol. The summed E-state index contributed by atoms with van der Waals surface area (Å²) in [6.07, 6.45) is 6.49. The molecule has 4 heteroatoms. The van der Waals surface area contributed by atoms with Crippen molar-refractivity contribution in [3.8, 4) is 0 Å². The Morgan fingerprint density at radius 3 is 2.22 bits per heavy atom. The zero-order valence-corrected chi connectivity index (χ0v) is 14.2. The average Bonchev–Trinajstić information content (AvgIpc) is 2.58. The molecule has 2 fully saturated rings. The van der Waals surface area contributed by atoms with Gasteiger partial charge < -0.3 is 5.32 Å². The molecule has 3 rings (SSSR count). The van der Waals surface area contributed by atoms with Crippen molar-refractivity contribution in [3.05, 3.63) is 35.9 Å². The number of rotatable bonds is 4. The third-order valence-electron chi connectivity index (χ3n) is 5.12. The molecule has 2 aliphatic rings. The monoisotopic (exact) mass is 315 g/mol. The van der Waals surface area contributed by atoms with Crippen LogP contribution in [0.2, 0.25) is 0 Å². The van der Waals surface area contributed by atoms with E-state index < -0.39 is 0 Å². The minimum atomic E-state index is 0.0964.